The van der Waals surface area contributed by atoms with Crippen molar-refractivity contribution in [2.75, 3.05) is 11.9 Å². The number of nitrogens with two attached hydrogens (primary N) is 1. The number of carbonyl (C=O) groups is 2. The number of pyridine rings is 2. The summed E-state index contributed by atoms with van der Waals surface area (Å²) in [7, 11) is 1.86. The summed E-state index contributed by atoms with van der Waals surface area (Å²) in [5.41, 5.74) is 10.4. The summed E-state index contributed by atoms with van der Waals surface area (Å²) in [5, 5.41) is 8.14. The van der Waals surface area contributed by atoms with Crippen molar-refractivity contribution in [2.45, 2.75) is 44.7 Å². The average molecular weight is 485 g/mol. The number of amides is 2. The fourth-order valence-electron chi connectivity index (χ4n) is 5.70. The van der Waals surface area contributed by atoms with Crippen LogP contribution in [-0.2, 0) is 11.8 Å². The van der Waals surface area contributed by atoms with E-state index in [4.69, 9.17) is 5.73 Å². The summed E-state index contributed by atoms with van der Waals surface area (Å²) in [6, 6.07) is 6.69. The maximum absolute atomic E-state index is 12.9. The molecule has 3 N–H and O–H groups in total. The van der Waals surface area contributed by atoms with Gasteiger partial charge in [0.2, 0.25) is 11.8 Å². The molecular weight excluding hydrogens is 456 g/mol. The van der Waals surface area contributed by atoms with E-state index in [1.165, 1.54) is 31.9 Å². The van der Waals surface area contributed by atoms with E-state index in [-0.39, 0.29) is 5.91 Å². The van der Waals surface area contributed by atoms with Crippen molar-refractivity contribution in [2.24, 2.45) is 12.8 Å². The number of hydrogen-bond acceptors (Lipinski definition) is 6. The lowest BCUT2D eigenvalue weighted by atomic mass is 10.0. The van der Waals surface area contributed by atoms with E-state index in [1.807, 2.05) is 36.9 Å². The molecule has 0 atom stereocenters. The van der Waals surface area contributed by atoms with Gasteiger partial charge in [0, 0.05) is 42.5 Å². The summed E-state index contributed by atoms with van der Waals surface area (Å²) in [6.45, 7) is 2.32. The molecule has 0 aromatic carbocycles. The van der Waals surface area contributed by atoms with Gasteiger partial charge in [0.15, 0.2) is 0 Å². The predicted molar refractivity (Wildman–Crippen MR) is 136 cm³/mol. The van der Waals surface area contributed by atoms with Crippen LogP contribution in [0.2, 0.25) is 0 Å². The lowest BCUT2D eigenvalue weighted by Crippen LogP contribution is -2.36. The first-order valence-electron chi connectivity index (χ1n) is 12.2. The van der Waals surface area contributed by atoms with Crippen molar-refractivity contribution < 1.29 is 9.59 Å². The summed E-state index contributed by atoms with van der Waals surface area (Å²) in [5.74, 6) is -0.562. The first-order valence-corrected chi connectivity index (χ1v) is 12.2. The van der Waals surface area contributed by atoms with Gasteiger partial charge in [-0.2, -0.15) is 5.10 Å². The van der Waals surface area contributed by atoms with Crippen molar-refractivity contribution in [3.63, 3.8) is 0 Å². The van der Waals surface area contributed by atoms with Crippen molar-refractivity contribution in [1.29, 1.82) is 0 Å². The molecule has 2 aliphatic heterocycles. The molecule has 2 bridgehead atoms. The summed E-state index contributed by atoms with van der Waals surface area (Å²) in [6.07, 6.45) is 11.6. The minimum atomic E-state index is -0.533. The van der Waals surface area contributed by atoms with Crippen LogP contribution >= 0.6 is 0 Å². The fraction of sp³-hybridized carbons (Fsp3) is 0.346. The number of aryl methyl sites for hydroxylation is 2. The maximum atomic E-state index is 12.9. The van der Waals surface area contributed by atoms with Crippen LogP contribution in [-0.4, -0.2) is 59.7 Å². The molecule has 0 spiro atoms. The van der Waals surface area contributed by atoms with E-state index in [9.17, 15) is 9.59 Å². The molecule has 2 fully saturated rings. The van der Waals surface area contributed by atoms with Crippen LogP contribution in [0.4, 0.5) is 5.69 Å². The Labute approximate surface area is 208 Å². The smallest absolute Gasteiger partial charge is 0.250 e. The highest BCUT2D eigenvalue weighted by Crippen LogP contribution is 2.37. The van der Waals surface area contributed by atoms with Crippen LogP contribution in [0.15, 0.2) is 43.0 Å². The Bertz CT molecular complexity index is 1480. The van der Waals surface area contributed by atoms with Crippen molar-refractivity contribution in [1.82, 2.24) is 29.2 Å². The molecule has 6 rings (SSSR count). The van der Waals surface area contributed by atoms with Crippen LogP contribution in [0.5, 0.6) is 0 Å². The Hall–Kier alpha value is -4.05. The topological polar surface area (TPSA) is 124 Å². The summed E-state index contributed by atoms with van der Waals surface area (Å²) in [4.78, 5) is 36.2. The number of aromatic nitrogens is 5. The number of fused-ring (bicyclic) bond motifs is 3. The molecule has 4 aromatic heterocycles. The third kappa shape index (κ3) is 3.83. The fourth-order valence-corrected chi connectivity index (χ4v) is 5.70. The molecule has 0 unspecified atom stereocenters. The van der Waals surface area contributed by atoms with Gasteiger partial charge in [0.25, 0.3) is 0 Å². The van der Waals surface area contributed by atoms with Crippen LogP contribution in [0.1, 0.15) is 41.7 Å². The standard InChI is InChI=1S/C26H28N8O2/c1-15-22(9-19(12-28-15)31-24(35)14-33-20-3-4-21(33)6-5-20)34-23(18-11-30-32(2)13-18)8-16-7-17(25(27)36)10-29-26(16)34/h7-13,20-21H,3-6,14H2,1-2H3,(H2,27,36)(H,31,35). The highest BCUT2D eigenvalue weighted by Gasteiger charge is 2.39. The summed E-state index contributed by atoms with van der Waals surface area (Å²) < 4.78 is 3.71. The van der Waals surface area contributed by atoms with Gasteiger partial charge in [-0.1, -0.05) is 0 Å². The number of primary amides is 1. The lowest BCUT2D eigenvalue weighted by Gasteiger charge is -2.21. The van der Waals surface area contributed by atoms with E-state index >= 15 is 0 Å². The largest absolute Gasteiger partial charge is 0.366 e. The van der Waals surface area contributed by atoms with Gasteiger partial charge in [-0.3, -0.25) is 28.7 Å². The van der Waals surface area contributed by atoms with Gasteiger partial charge in [-0.25, -0.2) is 4.98 Å². The molecule has 0 radical (unpaired) electrons. The Morgan fingerprint density at radius 1 is 1.06 bits per heavy atom. The molecule has 2 aliphatic rings. The zero-order chi connectivity index (χ0) is 25.0. The first kappa shape index (κ1) is 22.4. The SMILES string of the molecule is Cc1ncc(NC(=O)CN2C3CCC2CC3)cc1-n1c(-c2cnn(C)c2)cc2cc(C(N)=O)cnc21. The minimum Gasteiger partial charge on any atom is -0.366 e. The maximum Gasteiger partial charge on any atom is 0.250 e. The molecule has 184 valence electrons. The Morgan fingerprint density at radius 3 is 2.47 bits per heavy atom. The second-order valence-electron chi connectivity index (χ2n) is 9.78. The molecule has 2 saturated heterocycles. The molecule has 2 amide bonds. The van der Waals surface area contributed by atoms with Gasteiger partial charge in [-0.05, 0) is 50.8 Å². The molecule has 10 nitrogen and oxygen atoms in total. The number of rotatable bonds is 6. The number of nitrogens with one attached hydrogen (secondary N) is 1. The zero-order valence-corrected chi connectivity index (χ0v) is 20.3. The van der Waals surface area contributed by atoms with Gasteiger partial charge < -0.3 is 11.1 Å². The molecular formula is C26H28N8O2. The Morgan fingerprint density at radius 2 is 1.81 bits per heavy atom. The number of carbonyl (C=O) groups excluding carboxylic acids is 2. The summed E-state index contributed by atoms with van der Waals surface area (Å²) >= 11 is 0. The van der Waals surface area contributed by atoms with E-state index < -0.39 is 5.91 Å². The zero-order valence-electron chi connectivity index (χ0n) is 20.3. The van der Waals surface area contributed by atoms with Gasteiger partial charge in [0.1, 0.15) is 5.65 Å². The second-order valence-corrected chi connectivity index (χ2v) is 9.78. The van der Waals surface area contributed by atoms with Gasteiger partial charge in [-0.15, -0.1) is 0 Å². The number of nitrogens with zero attached hydrogens (tertiary/aromatic N) is 6. The quantitative estimate of drug-likeness (QED) is 0.434. The normalized spacial score (nSPS) is 19.3. The lowest BCUT2D eigenvalue weighted by molar-refractivity contribution is -0.117. The monoisotopic (exact) mass is 484 g/mol. The second kappa shape index (κ2) is 8.56. The van der Waals surface area contributed by atoms with E-state index in [1.54, 1.807) is 23.1 Å². The Balaban J connectivity index is 1.39. The molecule has 4 aromatic rings. The van der Waals surface area contributed by atoms with E-state index in [0.29, 0.717) is 35.5 Å². The highest BCUT2D eigenvalue weighted by atomic mass is 16.2. The van der Waals surface area contributed by atoms with Crippen molar-refractivity contribution in [3.05, 3.63) is 54.2 Å². The van der Waals surface area contributed by atoms with Gasteiger partial charge >= 0.3 is 0 Å². The third-order valence-electron chi connectivity index (χ3n) is 7.44. The van der Waals surface area contributed by atoms with Crippen LogP contribution < -0.4 is 11.1 Å². The van der Waals surface area contributed by atoms with Crippen molar-refractivity contribution >= 4 is 28.5 Å². The minimum absolute atomic E-state index is 0.0283. The molecule has 36 heavy (non-hydrogen) atoms. The van der Waals surface area contributed by atoms with Gasteiger partial charge in [0.05, 0.1) is 47.3 Å². The van der Waals surface area contributed by atoms with Crippen molar-refractivity contribution in [3.8, 4) is 16.9 Å². The average Bonchev–Trinajstić information content (AvgIpc) is 3.63. The van der Waals surface area contributed by atoms with E-state index in [0.717, 1.165) is 28.0 Å². The molecule has 10 heteroatoms. The number of hydrogen-bond donors (Lipinski definition) is 2. The molecule has 6 heterocycles. The first-order chi connectivity index (χ1) is 17.4. The van der Waals surface area contributed by atoms with Crippen LogP contribution in [0.25, 0.3) is 28.0 Å². The third-order valence-corrected chi connectivity index (χ3v) is 7.44. The predicted octanol–water partition coefficient (Wildman–Crippen LogP) is 2.79. The molecule has 0 saturated carbocycles. The van der Waals surface area contributed by atoms with Crippen LogP contribution in [0, 0.1) is 6.92 Å². The van der Waals surface area contributed by atoms with E-state index in [2.05, 4.69) is 25.3 Å². The highest BCUT2D eigenvalue weighted by molar-refractivity contribution is 5.97. The Kier molecular flexibility index (Phi) is 5.33. The molecule has 0 aliphatic carbocycles. The number of anilines is 1. The van der Waals surface area contributed by atoms with Crippen LogP contribution in [0.3, 0.4) is 0 Å².